The molecule has 0 saturated heterocycles. The minimum atomic E-state index is 0.797. The van der Waals surface area contributed by atoms with E-state index in [1.807, 2.05) is 58.0 Å². The summed E-state index contributed by atoms with van der Waals surface area (Å²) >= 11 is 1.80. The molecule has 0 heterocycles. The van der Waals surface area contributed by atoms with E-state index in [1.54, 1.807) is 11.8 Å². The number of para-hydroxylation sites is 1. The molecular weight excluding hydrogens is 204 g/mol. The molecule has 0 spiro atoms. The van der Waals surface area contributed by atoms with Crippen molar-refractivity contribution in [3.63, 3.8) is 0 Å². The quantitative estimate of drug-likeness (QED) is 0.703. The van der Waals surface area contributed by atoms with E-state index in [0.717, 1.165) is 18.1 Å². The molecule has 1 aromatic rings. The first-order valence-corrected chi connectivity index (χ1v) is 6.99. The number of hydrogen-bond donors (Lipinski definition) is 0. The first-order valence-electron chi connectivity index (χ1n) is 5.60. The van der Waals surface area contributed by atoms with Gasteiger partial charge in [0.05, 0.1) is 6.61 Å². The Bertz CT molecular complexity index is 187. The number of benzene rings is 1. The Labute approximate surface area is 99.2 Å². The van der Waals surface area contributed by atoms with Gasteiger partial charge in [0.25, 0.3) is 0 Å². The molecule has 0 aliphatic carbocycles. The largest absolute Gasteiger partial charge is 0.493 e. The predicted octanol–water partition coefficient (Wildman–Crippen LogP) is 4.48. The van der Waals surface area contributed by atoms with Crippen LogP contribution in [-0.4, -0.2) is 18.6 Å². The van der Waals surface area contributed by atoms with Crippen molar-refractivity contribution in [3.05, 3.63) is 30.3 Å². The topological polar surface area (TPSA) is 9.23 Å². The highest BCUT2D eigenvalue weighted by molar-refractivity contribution is 7.98. The van der Waals surface area contributed by atoms with Gasteiger partial charge < -0.3 is 4.74 Å². The lowest BCUT2D eigenvalue weighted by Gasteiger charge is -2.02. The van der Waals surface area contributed by atoms with Crippen molar-refractivity contribution in [1.82, 2.24) is 0 Å². The van der Waals surface area contributed by atoms with Gasteiger partial charge in [-0.25, -0.2) is 0 Å². The second kappa shape index (κ2) is 15.8. The highest BCUT2D eigenvalue weighted by Crippen LogP contribution is 2.08. The Balaban J connectivity index is 0. The highest BCUT2D eigenvalue weighted by atomic mass is 32.2. The van der Waals surface area contributed by atoms with Gasteiger partial charge in [-0.15, -0.1) is 0 Å². The molecule has 0 aromatic heterocycles. The summed E-state index contributed by atoms with van der Waals surface area (Å²) in [5, 5.41) is 0. The zero-order valence-corrected chi connectivity index (χ0v) is 11.4. The van der Waals surface area contributed by atoms with E-state index in [2.05, 4.69) is 6.26 Å². The minimum Gasteiger partial charge on any atom is -0.493 e. The molecule has 0 aliphatic heterocycles. The lowest BCUT2D eigenvalue weighted by Crippen LogP contribution is -1.98. The first kappa shape index (κ1) is 16.8. The second-order valence-electron chi connectivity index (χ2n) is 2.15. The van der Waals surface area contributed by atoms with Crippen molar-refractivity contribution in [2.24, 2.45) is 0 Å². The molecule has 0 unspecified atom stereocenters. The van der Waals surface area contributed by atoms with Gasteiger partial charge in [-0.05, 0) is 18.4 Å². The van der Waals surface area contributed by atoms with Crippen LogP contribution in [0.1, 0.15) is 27.7 Å². The van der Waals surface area contributed by atoms with E-state index in [0.29, 0.717) is 0 Å². The second-order valence-corrected chi connectivity index (χ2v) is 3.14. The molecule has 1 aromatic carbocycles. The molecule has 88 valence electrons. The van der Waals surface area contributed by atoms with E-state index in [4.69, 9.17) is 4.74 Å². The van der Waals surface area contributed by atoms with Crippen molar-refractivity contribution < 1.29 is 4.74 Å². The lowest BCUT2D eigenvalue weighted by atomic mass is 10.3. The summed E-state index contributed by atoms with van der Waals surface area (Å²) in [5.41, 5.74) is 0. The number of rotatable bonds is 4. The van der Waals surface area contributed by atoms with Crippen molar-refractivity contribution >= 4 is 11.8 Å². The number of thioether (sulfide) groups is 1. The van der Waals surface area contributed by atoms with Crippen LogP contribution in [0.3, 0.4) is 0 Å². The Morgan fingerprint density at radius 2 is 1.53 bits per heavy atom. The van der Waals surface area contributed by atoms with Crippen LogP contribution >= 0.6 is 11.8 Å². The maximum atomic E-state index is 5.43. The molecule has 0 bridgehead atoms. The van der Waals surface area contributed by atoms with Crippen LogP contribution < -0.4 is 4.74 Å². The highest BCUT2D eigenvalue weighted by Gasteiger charge is 1.88. The van der Waals surface area contributed by atoms with E-state index in [1.165, 1.54) is 0 Å². The fraction of sp³-hybridized carbons (Fsp3) is 0.538. The van der Waals surface area contributed by atoms with Gasteiger partial charge in [0.2, 0.25) is 0 Å². The third-order valence-electron chi connectivity index (χ3n) is 1.30. The predicted molar refractivity (Wildman–Crippen MR) is 73.0 cm³/mol. The molecule has 0 fully saturated rings. The first-order chi connectivity index (χ1) is 7.43. The third-order valence-corrected chi connectivity index (χ3v) is 1.87. The molecule has 1 rings (SSSR count). The summed E-state index contributed by atoms with van der Waals surface area (Å²) in [6.07, 6.45) is 2.08. The molecule has 0 radical (unpaired) electrons. The zero-order valence-electron chi connectivity index (χ0n) is 10.6. The van der Waals surface area contributed by atoms with Gasteiger partial charge in [-0.1, -0.05) is 45.9 Å². The molecule has 0 amide bonds. The monoisotopic (exact) mass is 228 g/mol. The van der Waals surface area contributed by atoms with Gasteiger partial charge in [-0.2, -0.15) is 11.8 Å². The summed E-state index contributed by atoms with van der Waals surface area (Å²) in [6.45, 7) is 8.80. The molecule has 1 nitrogen and oxygen atoms in total. The van der Waals surface area contributed by atoms with E-state index >= 15 is 0 Å². The van der Waals surface area contributed by atoms with Gasteiger partial charge in [0.1, 0.15) is 5.75 Å². The summed E-state index contributed by atoms with van der Waals surface area (Å²) in [6, 6.07) is 9.89. The average Bonchev–Trinajstić information content (AvgIpc) is 2.36. The van der Waals surface area contributed by atoms with Crippen LogP contribution in [0.2, 0.25) is 0 Å². The fourth-order valence-corrected chi connectivity index (χ4v) is 1.01. The third kappa shape index (κ3) is 11.3. The molecule has 0 atom stereocenters. The van der Waals surface area contributed by atoms with E-state index in [9.17, 15) is 0 Å². The Kier molecular flexibility index (Phi) is 17.7. The summed E-state index contributed by atoms with van der Waals surface area (Å²) in [5.74, 6) is 2.01. The van der Waals surface area contributed by atoms with Gasteiger partial charge >= 0.3 is 0 Å². The van der Waals surface area contributed by atoms with E-state index < -0.39 is 0 Å². The van der Waals surface area contributed by atoms with Crippen LogP contribution in [0.15, 0.2) is 30.3 Å². The fourth-order valence-electron chi connectivity index (χ4n) is 0.760. The molecule has 0 saturated carbocycles. The van der Waals surface area contributed by atoms with Crippen molar-refractivity contribution in [2.75, 3.05) is 18.6 Å². The van der Waals surface area contributed by atoms with Crippen LogP contribution in [0.4, 0.5) is 0 Å². The smallest absolute Gasteiger partial charge is 0.119 e. The average molecular weight is 228 g/mol. The SMILES string of the molecule is CC.CC.CSCCOc1ccccc1. The van der Waals surface area contributed by atoms with Gasteiger partial charge in [-0.3, -0.25) is 0 Å². The maximum Gasteiger partial charge on any atom is 0.119 e. The molecule has 2 heteroatoms. The molecular formula is C13H24OS. The van der Waals surface area contributed by atoms with Crippen LogP contribution in [0, 0.1) is 0 Å². The Morgan fingerprint density at radius 3 is 2.00 bits per heavy atom. The van der Waals surface area contributed by atoms with Crippen LogP contribution in [0.5, 0.6) is 5.75 Å². The van der Waals surface area contributed by atoms with Crippen LogP contribution in [0.25, 0.3) is 0 Å². The lowest BCUT2D eigenvalue weighted by molar-refractivity contribution is 0.344. The minimum absolute atomic E-state index is 0.797. The summed E-state index contributed by atoms with van der Waals surface area (Å²) in [4.78, 5) is 0. The van der Waals surface area contributed by atoms with Crippen molar-refractivity contribution in [2.45, 2.75) is 27.7 Å². The van der Waals surface area contributed by atoms with Crippen molar-refractivity contribution in [1.29, 1.82) is 0 Å². The molecule has 0 aliphatic rings. The number of hydrogen-bond acceptors (Lipinski definition) is 2. The summed E-state index contributed by atoms with van der Waals surface area (Å²) < 4.78 is 5.43. The standard InChI is InChI=1S/C9H12OS.2C2H6/c1-11-8-7-10-9-5-3-2-4-6-9;2*1-2/h2-6H,7-8H2,1H3;2*1-2H3. The van der Waals surface area contributed by atoms with Crippen LogP contribution in [-0.2, 0) is 0 Å². The van der Waals surface area contributed by atoms with E-state index in [-0.39, 0.29) is 0 Å². The van der Waals surface area contributed by atoms with Gasteiger partial charge in [0, 0.05) is 5.75 Å². The maximum absolute atomic E-state index is 5.43. The normalized spacial score (nSPS) is 7.80. The Morgan fingerprint density at radius 1 is 1.00 bits per heavy atom. The van der Waals surface area contributed by atoms with Gasteiger partial charge in [0.15, 0.2) is 0 Å². The molecule has 15 heavy (non-hydrogen) atoms. The molecule has 0 N–H and O–H groups in total. The Hall–Kier alpha value is -0.630. The summed E-state index contributed by atoms with van der Waals surface area (Å²) in [7, 11) is 0. The number of ether oxygens (including phenoxy) is 1. The zero-order chi connectivity index (χ0) is 11.9. The van der Waals surface area contributed by atoms with Crippen molar-refractivity contribution in [3.8, 4) is 5.75 Å².